The number of para-hydroxylation sites is 1. The minimum Gasteiger partial charge on any atom is -0.496 e. The minimum atomic E-state index is -0.261. The zero-order valence-electron chi connectivity index (χ0n) is 10.8. The highest BCUT2D eigenvalue weighted by Gasteiger charge is 2.19. The number of benzene rings is 1. The van der Waals surface area contributed by atoms with Crippen molar-refractivity contribution < 1.29 is 18.7 Å². The SMILES string of the molecule is COc1ccccc1C(=O)CC(=O)c1ccoc1C. The summed E-state index contributed by atoms with van der Waals surface area (Å²) in [6, 6.07) is 8.44. The molecule has 1 aromatic heterocycles. The van der Waals surface area contributed by atoms with Crippen LogP contribution in [0.2, 0.25) is 0 Å². The van der Waals surface area contributed by atoms with Crippen LogP contribution in [0.25, 0.3) is 0 Å². The highest BCUT2D eigenvalue weighted by Crippen LogP contribution is 2.20. The van der Waals surface area contributed by atoms with E-state index in [9.17, 15) is 9.59 Å². The summed E-state index contributed by atoms with van der Waals surface area (Å²) in [5.74, 6) is 0.493. The zero-order chi connectivity index (χ0) is 13.8. The molecular weight excluding hydrogens is 244 g/mol. The van der Waals surface area contributed by atoms with Gasteiger partial charge in [0.05, 0.1) is 30.9 Å². The van der Waals surface area contributed by atoms with Gasteiger partial charge in [0.25, 0.3) is 0 Å². The summed E-state index contributed by atoms with van der Waals surface area (Å²) in [4.78, 5) is 24.1. The second kappa shape index (κ2) is 5.52. The van der Waals surface area contributed by atoms with Gasteiger partial charge >= 0.3 is 0 Å². The second-order valence-corrected chi connectivity index (χ2v) is 4.11. The number of ketones is 2. The van der Waals surface area contributed by atoms with Crippen LogP contribution in [0, 0.1) is 6.92 Å². The van der Waals surface area contributed by atoms with E-state index in [0.717, 1.165) is 0 Å². The van der Waals surface area contributed by atoms with Crippen LogP contribution in [0.3, 0.4) is 0 Å². The smallest absolute Gasteiger partial charge is 0.174 e. The lowest BCUT2D eigenvalue weighted by molar-refractivity contribution is 0.0892. The molecule has 0 aliphatic heterocycles. The lowest BCUT2D eigenvalue weighted by atomic mass is 10.0. The molecule has 19 heavy (non-hydrogen) atoms. The van der Waals surface area contributed by atoms with Crippen molar-refractivity contribution in [2.75, 3.05) is 7.11 Å². The van der Waals surface area contributed by atoms with Gasteiger partial charge in [0.1, 0.15) is 11.5 Å². The third-order valence-electron chi connectivity index (χ3n) is 2.89. The second-order valence-electron chi connectivity index (χ2n) is 4.11. The summed E-state index contributed by atoms with van der Waals surface area (Å²) in [6.07, 6.45) is 1.25. The number of ether oxygens (including phenoxy) is 1. The number of carbonyl (C=O) groups is 2. The van der Waals surface area contributed by atoms with E-state index in [-0.39, 0.29) is 18.0 Å². The topological polar surface area (TPSA) is 56.5 Å². The number of methoxy groups -OCH3 is 1. The van der Waals surface area contributed by atoms with Crippen molar-refractivity contribution in [1.82, 2.24) is 0 Å². The summed E-state index contributed by atoms with van der Waals surface area (Å²) in [6.45, 7) is 1.70. The summed E-state index contributed by atoms with van der Waals surface area (Å²) in [5, 5.41) is 0. The maximum absolute atomic E-state index is 12.1. The van der Waals surface area contributed by atoms with Crippen LogP contribution < -0.4 is 4.74 Å². The number of aryl methyl sites for hydroxylation is 1. The van der Waals surface area contributed by atoms with Gasteiger partial charge in [0.2, 0.25) is 0 Å². The predicted molar refractivity (Wildman–Crippen MR) is 69.7 cm³/mol. The normalized spacial score (nSPS) is 10.2. The molecule has 0 radical (unpaired) electrons. The Morgan fingerprint density at radius 1 is 1.11 bits per heavy atom. The van der Waals surface area contributed by atoms with Gasteiger partial charge in [-0.3, -0.25) is 9.59 Å². The standard InChI is InChI=1S/C15H14O4/c1-10-11(7-8-19-10)13(16)9-14(17)12-5-3-4-6-15(12)18-2/h3-8H,9H2,1-2H3. The first-order chi connectivity index (χ1) is 9.13. The molecule has 0 saturated carbocycles. The molecule has 1 aromatic carbocycles. The van der Waals surface area contributed by atoms with E-state index < -0.39 is 0 Å². The molecule has 0 fully saturated rings. The predicted octanol–water partition coefficient (Wildman–Crippen LogP) is 3.05. The van der Waals surface area contributed by atoms with Crippen molar-refractivity contribution in [1.29, 1.82) is 0 Å². The molecule has 4 nitrogen and oxygen atoms in total. The summed E-state index contributed by atoms with van der Waals surface area (Å²) >= 11 is 0. The Morgan fingerprint density at radius 3 is 2.42 bits per heavy atom. The highest BCUT2D eigenvalue weighted by molar-refractivity contribution is 6.14. The van der Waals surface area contributed by atoms with E-state index in [4.69, 9.17) is 9.15 Å². The van der Waals surface area contributed by atoms with Crippen LogP contribution in [0.5, 0.6) is 5.75 Å². The first-order valence-electron chi connectivity index (χ1n) is 5.87. The van der Waals surface area contributed by atoms with Crippen LogP contribution in [0.4, 0.5) is 0 Å². The number of carbonyl (C=O) groups excluding carboxylic acids is 2. The molecule has 0 N–H and O–H groups in total. The fourth-order valence-corrected chi connectivity index (χ4v) is 1.89. The molecule has 1 heterocycles. The van der Waals surface area contributed by atoms with E-state index in [0.29, 0.717) is 22.6 Å². The van der Waals surface area contributed by atoms with E-state index in [1.165, 1.54) is 13.4 Å². The Labute approximate surface area is 111 Å². The quantitative estimate of drug-likeness (QED) is 0.611. The molecule has 0 amide bonds. The lowest BCUT2D eigenvalue weighted by Crippen LogP contribution is -2.10. The molecule has 2 aromatic rings. The number of rotatable bonds is 5. The van der Waals surface area contributed by atoms with Crippen molar-refractivity contribution in [3.8, 4) is 5.75 Å². The van der Waals surface area contributed by atoms with Crippen molar-refractivity contribution in [2.45, 2.75) is 13.3 Å². The number of furan rings is 1. The van der Waals surface area contributed by atoms with Gasteiger partial charge in [-0.1, -0.05) is 12.1 Å². The summed E-state index contributed by atoms with van der Waals surface area (Å²) in [7, 11) is 1.49. The van der Waals surface area contributed by atoms with Gasteiger partial charge in [-0.25, -0.2) is 0 Å². The van der Waals surface area contributed by atoms with E-state index in [1.807, 2.05) is 0 Å². The van der Waals surface area contributed by atoms with Gasteiger partial charge in [0.15, 0.2) is 11.6 Å². The third-order valence-corrected chi connectivity index (χ3v) is 2.89. The Morgan fingerprint density at radius 2 is 1.79 bits per heavy atom. The molecule has 0 aliphatic carbocycles. The molecule has 0 aliphatic rings. The number of Topliss-reactive ketones (excluding diaryl/α,β-unsaturated/α-hetero) is 2. The third kappa shape index (κ3) is 2.73. The highest BCUT2D eigenvalue weighted by atomic mass is 16.5. The van der Waals surface area contributed by atoms with Crippen molar-refractivity contribution in [3.63, 3.8) is 0 Å². The van der Waals surface area contributed by atoms with E-state index in [1.54, 1.807) is 37.3 Å². The van der Waals surface area contributed by atoms with Crippen LogP contribution in [0.15, 0.2) is 41.0 Å². The lowest BCUT2D eigenvalue weighted by Gasteiger charge is -2.06. The average Bonchev–Trinajstić information content (AvgIpc) is 2.85. The minimum absolute atomic E-state index is 0.194. The maximum atomic E-state index is 12.1. The number of hydrogen-bond acceptors (Lipinski definition) is 4. The Bertz CT molecular complexity index is 610. The van der Waals surface area contributed by atoms with Crippen molar-refractivity contribution in [2.24, 2.45) is 0 Å². The summed E-state index contributed by atoms with van der Waals surface area (Å²) < 4.78 is 10.2. The molecule has 98 valence electrons. The van der Waals surface area contributed by atoms with Crippen LogP contribution in [0.1, 0.15) is 32.9 Å². The van der Waals surface area contributed by atoms with Crippen molar-refractivity contribution in [3.05, 3.63) is 53.5 Å². The maximum Gasteiger partial charge on any atom is 0.174 e. The summed E-state index contributed by atoms with van der Waals surface area (Å²) in [5.41, 5.74) is 0.864. The molecule has 0 atom stereocenters. The molecule has 0 spiro atoms. The monoisotopic (exact) mass is 258 g/mol. The van der Waals surface area contributed by atoms with Gasteiger partial charge < -0.3 is 9.15 Å². The largest absolute Gasteiger partial charge is 0.496 e. The van der Waals surface area contributed by atoms with Gasteiger partial charge in [-0.05, 0) is 25.1 Å². The van der Waals surface area contributed by atoms with Crippen molar-refractivity contribution >= 4 is 11.6 Å². The molecule has 0 unspecified atom stereocenters. The van der Waals surface area contributed by atoms with Gasteiger partial charge in [-0.15, -0.1) is 0 Å². The Hall–Kier alpha value is -2.36. The van der Waals surface area contributed by atoms with Gasteiger partial charge in [0, 0.05) is 0 Å². The number of hydrogen-bond donors (Lipinski definition) is 0. The van der Waals surface area contributed by atoms with Crippen LogP contribution in [-0.4, -0.2) is 18.7 Å². The molecular formula is C15H14O4. The fourth-order valence-electron chi connectivity index (χ4n) is 1.89. The fraction of sp³-hybridized carbons (Fsp3) is 0.200. The van der Waals surface area contributed by atoms with E-state index in [2.05, 4.69) is 0 Å². The molecule has 2 rings (SSSR count). The molecule has 0 bridgehead atoms. The first kappa shape index (κ1) is 13.1. The van der Waals surface area contributed by atoms with E-state index >= 15 is 0 Å². The van der Waals surface area contributed by atoms with Crippen LogP contribution >= 0.6 is 0 Å². The Balaban J connectivity index is 2.18. The zero-order valence-corrected chi connectivity index (χ0v) is 10.8. The average molecular weight is 258 g/mol. The molecule has 0 saturated heterocycles. The Kier molecular flexibility index (Phi) is 3.80. The van der Waals surface area contributed by atoms with Crippen LogP contribution in [-0.2, 0) is 0 Å². The molecule has 4 heteroatoms. The first-order valence-corrected chi connectivity index (χ1v) is 5.87. The van der Waals surface area contributed by atoms with Gasteiger partial charge in [-0.2, -0.15) is 0 Å².